The lowest BCUT2D eigenvalue weighted by molar-refractivity contribution is 0.440. The SMILES string of the molecule is CC1=NC23NCNC=C2C(N)=CC=C3S1. The molecule has 0 fully saturated rings. The van der Waals surface area contributed by atoms with Crippen LogP contribution in [0.1, 0.15) is 6.92 Å². The van der Waals surface area contributed by atoms with Crippen LogP contribution in [0.2, 0.25) is 0 Å². The normalized spacial score (nSPS) is 32.9. The van der Waals surface area contributed by atoms with Crippen molar-refractivity contribution in [3.05, 3.63) is 34.5 Å². The molecule has 1 unspecified atom stereocenters. The minimum absolute atomic E-state index is 0.404. The predicted octanol–water partition coefficient (Wildman–Crippen LogP) is 0.622. The van der Waals surface area contributed by atoms with E-state index in [0.717, 1.165) is 16.3 Å². The van der Waals surface area contributed by atoms with Crippen molar-refractivity contribution in [1.82, 2.24) is 10.6 Å². The first kappa shape index (κ1) is 9.06. The number of hydrogen-bond acceptors (Lipinski definition) is 5. The van der Waals surface area contributed by atoms with E-state index in [1.807, 2.05) is 19.2 Å². The third kappa shape index (κ3) is 1.10. The Hall–Kier alpha value is -1.20. The molecule has 0 saturated carbocycles. The zero-order chi connectivity index (χ0) is 10.5. The fourth-order valence-corrected chi connectivity index (χ4v) is 3.11. The molecule has 1 aliphatic carbocycles. The van der Waals surface area contributed by atoms with E-state index in [1.54, 1.807) is 11.8 Å². The van der Waals surface area contributed by atoms with Gasteiger partial charge in [0.25, 0.3) is 0 Å². The lowest BCUT2D eigenvalue weighted by atomic mass is 9.92. The van der Waals surface area contributed by atoms with Crippen LogP contribution in [0.15, 0.2) is 39.5 Å². The molecule has 5 heteroatoms. The molecule has 4 N–H and O–H groups in total. The fourth-order valence-electron chi connectivity index (χ4n) is 2.10. The van der Waals surface area contributed by atoms with E-state index >= 15 is 0 Å². The van der Waals surface area contributed by atoms with Crippen molar-refractivity contribution >= 4 is 16.8 Å². The van der Waals surface area contributed by atoms with Gasteiger partial charge in [-0.25, -0.2) is 0 Å². The van der Waals surface area contributed by atoms with Gasteiger partial charge in [0.05, 0.1) is 11.7 Å². The molecule has 0 aromatic rings. The van der Waals surface area contributed by atoms with Gasteiger partial charge in [0.1, 0.15) is 0 Å². The van der Waals surface area contributed by atoms with Gasteiger partial charge in [-0.1, -0.05) is 11.8 Å². The highest BCUT2D eigenvalue weighted by atomic mass is 32.2. The van der Waals surface area contributed by atoms with Gasteiger partial charge < -0.3 is 11.1 Å². The molecule has 3 aliphatic rings. The molecule has 3 rings (SSSR count). The van der Waals surface area contributed by atoms with E-state index in [2.05, 4.69) is 21.7 Å². The number of rotatable bonds is 0. The number of aliphatic imine (C=N–C) groups is 1. The zero-order valence-electron chi connectivity index (χ0n) is 8.37. The third-order valence-electron chi connectivity index (χ3n) is 2.75. The van der Waals surface area contributed by atoms with E-state index in [4.69, 9.17) is 5.73 Å². The molecule has 1 atom stereocenters. The van der Waals surface area contributed by atoms with E-state index in [-0.39, 0.29) is 0 Å². The zero-order valence-corrected chi connectivity index (χ0v) is 9.19. The summed E-state index contributed by atoms with van der Waals surface area (Å²) >= 11 is 1.71. The Morgan fingerprint density at radius 1 is 1.53 bits per heavy atom. The summed E-state index contributed by atoms with van der Waals surface area (Å²) < 4.78 is 0. The Bertz CT molecular complexity index is 446. The molecule has 0 saturated heterocycles. The number of allylic oxidation sites excluding steroid dienone is 2. The topological polar surface area (TPSA) is 62.4 Å². The summed E-state index contributed by atoms with van der Waals surface area (Å²) in [6.45, 7) is 2.74. The molecule has 0 bridgehead atoms. The highest BCUT2D eigenvalue weighted by molar-refractivity contribution is 8.17. The first-order valence-electron chi connectivity index (χ1n) is 4.84. The van der Waals surface area contributed by atoms with Gasteiger partial charge in [-0.15, -0.1) is 0 Å². The molecule has 0 aromatic carbocycles. The Morgan fingerprint density at radius 2 is 2.40 bits per heavy atom. The van der Waals surface area contributed by atoms with Crippen LogP contribution in [0.25, 0.3) is 0 Å². The van der Waals surface area contributed by atoms with E-state index in [1.165, 1.54) is 4.91 Å². The van der Waals surface area contributed by atoms with Gasteiger partial charge in [-0.2, -0.15) is 0 Å². The van der Waals surface area contributed by atoms with Gasteiger partial charge >= 0.3 is 0 Å². The first-order chi connectivity index (χ1) is 7.22. The van der Waals surface area contributed by atoms with E-state index in [0.29, 0.717) is 6.67 Å². The third-order valence-corrected chi connectivity index (χ3v) is 3.79. The summed E-state index contributed by atoms with van der Waals surface area (Å²) in [5.74, 6) is 0. The van der Waals surface area contributed by atoms with E-state index in [9.17, 15) is 0 Å². The molecule has 0 radical (unpaired) electrons. The second kappa shape index (κ2) is 2.90. The molecule has 4 nitrogen and oxygen atoms in total. The Labute approximate surface area is 92.4 Å². The minimum atomic E-state index is -0.404. The quantitative estimate of drug-likeness (QED) is 0.560. The molecular formula is C10H12N4S. The van der Waals surface area contributed by atoms with Gasteiger partial charge in [0.15, 0.2) is 5.66 Å². The second-order valence-corrected chi connectivity index (χ2v) is 4.95. The number of nitrogens with zero attached hydrogens (tertiary/aromatic N) is 1. The second-order valence-electron chi connectivity index (χ2n) is 3.71. The molecule has 78 valence electrons. The maximum absolute atomic E-state index is 5.98. The largest absolute Gasteiger partial charge is 0.398 e. The van der Waals surface area contributed by atoms with E-state index < -0.39 is 5.66 Å². The maximum Gasteiger partial charge on any atom is 0.174 e. The number of thioether (sulfide) groups is 1. The van der Waals surface area contributed by atoms with Crippen LogP contribution < -0.4 is 16.4 Å². The summed E-state index contributed by atoms with van der Waals surface area (Å²) in [6.07, 6.45) is 5.95. The van der Waals surface area contributed by atoms with Crippen molar-refractivity contribution in [2.75, 3.05) is 6.67 Å². The molecule has 2 heterocycles. The average Bonchev–Trinajstić information content (AvgIpc) is 2.53. The van der Waals surface area contributed by atoms with Crippen LogP contribution in [0.3, 0.4) is 0 Å². The van der Waals surface area contributed by atoms with Gasteiger partial charge in [0.2, 0.25) is 0 Å². The van der Waals surface area contributed by atoms with Gasteiger partial charge in [0, 0.05) is 22.4 Å². The van der Waals surface area contributed by atoms with Crippen LogP contribution in [0.4, 0.5) is 0 Å². The predicted molar refractivity (Wildman–Crippen MR) is 63.0 cm³/mol. The van der Waals surface area contributed by atoms with Crippen LogP contribution in [-0.2, 0) is 0 Å². The lowest BCUT2D eigenvalue weighted by Gasteiger charge is -2.36. The number of nitrogens with one attached hydrogen (secondary N) is 2. The van der Waals surface area contributed by atoms with Gasteiger partial charge in [-0.05, 0) is 19.1 Å². The molecular weight excluding hydrogens is 208 g/mol. The Balaban J connectivity index is 2.21. The molecule has 1 spiro atoms. The minimum Gasteiger partial charge on any atom is -0.398 e. The van der Waals surface area contributed by atoms with Crippen LogP contribution >= 0.6 is 11.8 Å². The molecule has 0 amide bonds. The molecule has 0 aromatic heterocycles. The van der Waals surface area contributed by atoms with Crippen LogP contribution in [0.5, 0.6) is 0 Å². The fraction of sp³-hybridized carbons (Fsp3) is 0.300. The maximum atomic E-state index is 5.98. The average molecular weight is 220 g/mol. The van der Waals surface area contributed by atoms with Crippen LogP contribution in [0, 0.1) is 0 Å². The first-order valence-corrected chi connectivity index (χ1v) is 5.66. The van der Waals surface area contributed by atoms with Crippen molar-refractivity contribution in [2.24, 2.45) is 10.7 Å². The Morgan fingerprint density at radius 3 is 3.27 bits per heavy atom. The van der Waals surface area contributed by atoms with Crippen molar-refractivity contribution in [2.45, 2.75) is 12.6 Å². The summed E-state index contributed by atoms with van der Waals surface area (Å²) in [5, 5.41) is 7.59. The van der Waals surface area contributed by atoms with Crippen molar-refractivity contribution < 1.29 is 0 Å². The van der Waals surface area contributed by atoms with Crippen molar-refractivity contribution in [1.29, 1.82) is 0 Å². The van der Waals surface area contributed by atoms with Gasteiger partial charge in [-0.3, -0.25) is 10.3 Å². The summed E-state index contributed by atoms with van der Waals surface area (Å²) in [7, 11) is 0. The Kier molecular flexibility index (Phi) is 1.75. The van der Waals surface area contributed by atoms with Crippen molar-refractivity contribution in [3.63, 3.8) is 0 Å². The summed E-state index contributed by atoms with van der Waals surface area (Å²) in [6, 6.07) is 0. The molecule has 15 heavy (non-hydrogen) atoms. The highest BCUT2D eigenvalue weighted by Crippen LogP contribution is 2.46. The monoisotopic (exact) mass is 220 g/mol. The lowest BCUT2D eigenvalue weighted by Crippen LogP contribution is -2.53. The summed E-state index contributed by atoms with van der Waals surface area (Å²) in [5.41, 5.74) is 7.37. The molecule has 2 aliphatic heterocycles. The number of nitrogens with two attached hydrogens (primary N) is 1. The van der Waals surface area contributed by atoms with Crippen molar-refractivity contribution in [3.8, 4) is 0 Å². The highest BCUT2D eigenvalue weighted by Gasteiger charge is 2.45. The smallest absolute Gasteiger partial charge is 0.174 e. The number of hydrogen-bond donors (Lipinski definition) is 3. The standard InChI is InChI=1S/C10H12N4S/c1-6-14-10-7(4-12-5-13-10)8(11)2-3-9(10)15-6/h2-4,12-13H,5,11H2,1H3. The summed E-state index contributed by atoms with van der Waals surface area (Å²) in [4.78, 5) is 5.90. The van der Waals surface area contributed by atoms with Crippen LogP contribution in [-0.4, -0.2) is 17.4 Å².